The number of hydrogen-bond donors (Lipinski definition) is 0. The number of rotatable bonds is 8. The summed E-state index contributed by atoms with van der Waals surface area (Å²) in [5.74, 6) is -0.349. The van der Waals surface area contributed by atoms with E-state index in [0.717, 1.165) is 11.3 Å². The lowest BCUT2D eigenvalue weighted by atomic mass is 10.1. The number of anilines is 1. The minimum Gasteiger partial charge on any atom is -0.465 e. The lowest BCUT2D eigenvalue weighted by Gasteiger charge is -2.24. The molecule has 0 fully saturated rings. The van der Waals surface area contributed by atoms with Crippen molar-refractivity contribution >= 4 is 17.3 Å². The normalized spacial score (nSPS) is 10.0. The molecule has 0 aliphatic carbocycles. The maximum Gasteiger partial charge on any atom is 0.325 e. The van der Waals surface area contributed by atoms with Crippen LogP contribution in [0.15, 0.2) is 48.5 Å². The van der Waals surface area contributed by atoms with Gasteiger partial charge in [0.15, 0.2) is 0 Å². The fourth-order valence-corrected chi connectivity index (χ4v) is 2.48. The van der Waals surface area contributed by atoms with Crippen molar-refractivity contribution in [1.82, 2.24) is 0 Å². The molecular weight excluding hydrogens is 334 g/mol. The first-order valence-electron chi connectivity index (χ1n) is 8.17. The van der Waals surface area contributed by atoms with Gasteiger partial charge in [-0.1, -0.05) is 18.2 Å². The number of nitrogens with zero attached hydrogens (tertiary/aromatic N) is 3. The van der Waals surface area contributed by atoms with Crippen molar-refractivity contribution in [2.24, 2.45) is 0 Å². The van der Waals surface area contributed by atoms with Crippen LogP contribution in [0, 0.1) is 21.4 Å². The molecule has 2 aromatic carbocycles. The van der Waals surface area contributed by atoms with Gasteiger partial charge in [0.25, 0.3) is 5.69 Å². The summed E-state index contributed by atoms with van der Waals surface area (Å²) in [5.41, 5.74) is 2.21. The predicted molar refractivity (Wildman–Crippen MR) is 96.8 cm³/mol. The van der Waals surface area contributed by atoms with Crippen LogP contribution in [0.3, 0.4) is 0 Å². The van der Waals surface area contributed by atoms with E-state index in [9.17, 15) is 14.9 Å². The standard InChI is InChI=1S/C19H19N3O4/c1-2-26-19(23)14-21(18-5-3-4-16(12-18)13-20)11-10-15-6-8-17(9-7-15)22(24)25/h3-9,12H,2,10-11,14H2,1H3. The number of nitro groups is 1. The number of hydrogen-bond acceptors (Lipinski definition) is 6. The fraction of sp³-hybridized carbons (Fsp3) is 0.263. The number of esters is 1. The molecule has 2 rings (SSSR count). The number of nitriles is 1. The molecule has 7 nitrogen and oxygen atoms in total. The zero-order valence-electron chi connectivity index (χ0n) is 14.4. The number of nitro benzene ring substituents is 1. The van der Waals surface area contributed by atoms with Gasteiger partial charge < -0.3 is 9.64 Å². The van der Waals surface area contributed by atoms with E-state index in [1.807, 2.05) is 11.0 Å². The van der Waals surface area contributed by atoms with Gasteiger partial charge in [-0.25, -0.2) is 0 Å². The lowest BCUT2D eigenvalue weighted by molar-refractivity contribution is -0.384. The molecule has 0 bridgehead atoms. The second-order valence-corrected chi connectivity index (χ2v) is 5.56. The van der Waals surface area contributed by atoms with Crippen LogP contribution in [0.4, 0.5) is 11.4 Å². The zero-order chi connectivity index (χ0) is 18.9. The van der Waals surface area contributed by atoms with Crippen LogP contribution in [0.2, 0.25) is 0 Å². The number of ether oxygens (including phenoxy) is 1. The monoisotopic (exact) mass is 353 g/mol. The second-order valence-electron chi connectivity index (χ2n) is 5.56. The Morgan fingerprint density at radius 3 is 2.62 bits per heavy atom. The molecular formula is C19H19N3O4. The fourth-order valence-electron chi connectivity index (χ4n) is 2.48. The van der Waals surface area contributed by atoms with E-state index in [1.165, 1.54) is 12.1 Å². The first kappa shape index (κ1) is 18.9. The highest BCUT2D eigenvalue weighted by Crippen LogP contribution is 2.18. The summed E-state index contributed by atoms with van der Waals surface area (Å²) >= 11 is 0. The van der Waals surface area contributed by atoms with Crippen molar-refractivity contribution in [2.45, 2.75) is 13.3 Å². The van der Waals surface area contributed by atoms with Gasteiger partial charge >= 0.3 is 5.97 Å². The van der Waals surface area contributed by atoms with Crippen LogP contribution in [-0.4, -0.2) is 30.6 Å². The highest BCUT2D eigenvalue weighted by Gasteiger charge is 2.14. The molecule has 0 saturated carbocycles. The Balaban J connectivity index is 2.13. The van der Waals surface area contributed by atoms with Crippen molar-refractivity contribution in [2.75, 3.05) is 24.6 Å². The number of carbonyl (C=O) groups is 1. The minimum atomic E-state index is -0.440. The molecule has 0 spiro atoms. The van der Waals surface area contributed by atoms with Gasteiger partial charge in [0.05, 0.1) is 23.2 Å². The molecule has 0 N–H and O–H groups in total. The summed E-state index contributed by atoms with van der Waals surface area (Å²) < 4.78 is 5.02. The Hall–Kier alpha value is -3.40. The third-order valence-electron chi connectivity index (χ3n) is 3.78. The van der Waals surface area contributed by atoms with Gasteiger partial charge in [-0.2, -0.15) is 5.26 Å². The molecule has 0 aliphatic heterocycles. The van der Waals surface area contributed by atoms with Gasteiger partial charge in [0.1, 0.15) is 6.54 Å². The Morgan fingerprint density at radius 2 is 2.00 bits per heavy atom. The topological polar surface area (TPSA) is 96.5 Å². The van der Waals surface area contributed by atoms with Gasteiger partial charge in [-0.05, 0) is 37.1 Å². The van der Waals surface area contributed by atoms with Crippen LogP contribution in [0.1, 0.15) is 18.1 Å². The molecule has 2 aromatic rings. The molecule has 0 heterocycles. The van der Waals surface area contributed by atoms with Crippen molar-refractivity contribution in [1.29, 1.82) is 5.26 Å². The van der Waals surface area contributed by atoms with Gasteiger partial charge in [0.2, 0.25) is 0 Å². The van der Waals surface area contributed by atoms with Crippen molar-refractivity contribution in [3.05, 3.63) is 69.8 Å². The van der Waals surface area contributed by atoms with Crippen LogP contribution < -0.4 is 4.90 Å². The van der Waals surface area contributed by atoms with Crippen LogP contribution in [0.25, 0.3) is 0 Å². The molecule has 0 unspecified atom stereocenters. The lowest BCUT2D eigenvalue weighted by Crippen LogP contribution is -2.32. The minimum absolute atomic E-state index is 0.0406. The maximum absolute atomic E-state index is 11.9. The van der Waals surface area contributed by atoms with E-state index in [-0.39, 0.29) is 18.2 Å². The molecule has 0 atom stereocenters. The van der Waals surface area contributed by atoms with Crippen molar-refractivity contribution in [3.63, 3.8) is 0 Å². The van der Waals surface area contributed by atoms with Gasteiger partial charge in [-0.15, -0.1) is 0 Å². The van der Waals surface area contributed by atoms with Gasteiger partial charge in [-0.3, -0.25) is 14.9 Å². The molecule has 0 saturated heterocycles. The summed E-state index contributed by atoms with van der Waals surface area (Å²) in [7, 11) is 0. The Morgan fingerprint density at radius 1 is 1.27 bits per heavy atom. The molecule has 26 heavy (non-hydrogen) atoms. The Bertz CT molecular complexity index is 812. The Kier molecular flexibility index (Phi) is 6.68. The third kappa shape index (κ3) is 5.31. The maximum atomic E-state index is 11.9. The van der Waals surface area contributed by atoms with Crippen LogP contribution >= 0.6 is 0 Å². The van der Waals surface area contributed by atoms with E-state index in [2.05, 4.69) is 6.07 Å². The van der Waals surface area contributed by atoms with E-state index >= 15 is 0 Å². The SMILES string of the molecule is CCOC(=O)CN(CCc1ccc([N+](=O)[O-])cc1)c1cccc(C#N)c1. The summed E-state index contributed by atoms with van der Waals surface area (Å²) in [4.78, 5) is 24.0. The van der Waals surface area contributed by atoms with Crippen molar-refractivity contribution in [3.8, 4) is 6.07 Å². The van der Waals surface area contributed by atoms with Crippen LogP contribution in [0.5, 0.6) is 0 Å². The predicted octanol–water partition coefficient (Wildman–Crippen LogP) is 3.08. The van der Waals surface area contributed by atoms with Crippen LogP contribution in [-0.2, 0) is 16.0 Å². The Labute approximate surface area is 151 Å². The van der Waals surface area contributed by atoms with Crippen molar-refractivity contribution < 1.29 is 14.5 Å². The summed E-state index contributed by atoms with van der Waals surface area (Å²) in [6, 6.07) is 15.4. The summed E-state index contributed by atoms with van der Waals surface area (Å²) in [6.07, 6.45) is 0.591. The number of benzene rings is 2. The van der Waals surface area contributed by atoms with E-state index < -0.39 is 4.92 Å². The zero-order valence-corrected chi connectivity index (χ0v) is 14.4. The third-order valence-corrected chi connectivity index (χ3v) is 3.78. The smallest absolute Gasteiger partial charge is 0.325 e. The average molecular weight is 353 g/mol. The average Bonchev–Trinajstić information content (AvgIpc) is 2.65. The number of non-ortho nitro benzene ring substituents is 1. The van der Waals surface area contributed by atoms with E-state index in [4.69, 9.17) is 10.00 Å². The van der Waals surface area contributed by atoms with Gasteiger partial charge in [0, 0.05) is 24.4 Å². The largest absolute Gasteiger partial charge is 0.465 e. The molecule has 0 aromatic heterocycles. The molecule has 0 aliphatic rings. The molecule has 134 valence electrons. The first-order chi connectivity index (χ1) is 12.5. The number of carbonyl (C=O) groups excluding carboxylic acids is 1. The summed E-state index contributed by atoms with van der Waals surface area (Å²) in [5, 5.41) is 19.8. The first-order valence-corrected chi connectivity index (χ1v) is 8.17. The summed E-state index contributed by atoms with van der Waals surface area (Å²) in [6.45, 7) is 2.61. The molecule has 0 radical (unpaired) electrons. The molecule has 7 heteroatoms. The second kappa shape index (κ2) is 9.18. The quantitative estimate of drug-likeness (QED) is 0.411. The molecule has 0 amide bonds. The van der Waals surface area contributed by atoms with E-state index in [0.29, 0.717) is 25.1 Å². The highest BCUT2D eigenvalue weighted by atomic mass is 16.6. The highest BCUT2D eigenvalue weighted by molar-refractivity contribution is 5.76. The van der Waals surface area contributed by atoms with E-state index in [1.54, 1.807) is 37.3 Å².